The van der Waals surface area contributed by atoms with Gasteiger partial charge < -0.3 is 10.4 Å². The van der Waals surface area contributed by atoms with Crippen LogP contribution in [-0.4, -0.2) is 42.2 Å². The van der Waals surface area contributed by atoms with Crippen molar-refractivity contribution in [3.8, 4) is 0 Å². The first-order chi connectivity index (χ1) is 9.92. The molecule has 1 amide bonds. The lowest BCUT2D eigenvalue weighted by Gasteiger charge is -2.38. The maximum atomic E-state index is 12.2. The number of anilines is 1. The van der Waals surface area contributed by atoms with Crippen LogP contribution < -0.4 is 5.32 Å². The minimum atomic E-state index is -0.0705. The van der Waals surface area contributed by atoms with E-state index in [9.17, 15) is 9.90 Å². The van der Waals surface area contributed by atoms with Gasteiger partial charge in [0.25, 0.3) is 0 Å². The van der Waals surface area contributed by atoms with Gasteiger partial charge in [-0.25, -0.2) is 0 Å². The number of nitrogens with one attached hydrogen (secondary N) is 1. The number of nitrogens with zero attached hydrogens (tertiary/aromatic N) is 1. The second kappa shape index (κ2) is 6.58. The number of benzene rings is 1. The first-order valence-electron chi connectivity index (χ1n) is 7.62. The molecule has 0 radical (unpaired) electrons. The van der Waals surface area contributed by atoms with E-state index in [1.54, 1.807) is 0 Å². The van der Waals surface area contributed by atoms with Gasteiger partial charge in [0.15, 0.2) is 0 Å². The topological polar surface area (TPSA) is 52.6 Å². The summed E-state index contributed by atoms with van der Waals surface area (Å²) in [5.74, 6) is 0.0143. The van der Waals surface area contributed by atoms with Crippen LogP contribution in [0.2, 0.25) is 0 Å². The van der Waals surface area contributed by atoms with Crippen LogP contribution in [-0.2, 0) is 4.79 Å². The number of rotatable bonds is 4. The molecule has 1 heterocycles. The monoisotopic (exact) mass is 290 g/mol. The number of carbonyl (C=O) groups excluding carboxylic acids is 1. The van der Waals surface area contributed by atoms with E-state index < -0.39 is 0 Å². The van der Waals surface area contributed by atoms with Gasteiger partial charge in [0.2, 0.25) is 5.91 Å². The molecule has 1 aromatic carbocycles. The SMILES string of the molecule is Cc1ccc(NC(=O)CN2CCCC(C)(CO)C2)cc1C. The summed E-state index contributed by atoms with van der Waals surface area (Å²) < 4.78 is 0. The van der Waals surface area contributed by atoms with Gasteiger partial charge in [-0.2, -0.15) is 0 Å². The first-order valence-corrected chi connectivity index (χ1v) is 7.62. The standard InChI is InChI=1S/C17H26N2O2/c1-13-5-6-15(9-14(13)2)18-16(21)10-19-8-4-7-17(3,11-19)12-20/h5-6,9,20H,4,7-8,10-12H2,1-3H3,(H,18,21). The molecular formula is C17H26N2O2. The zero-order valence-corrected chi connectivity index (χ0v) is 13.3. The van der Waals surface area contributed by atoms with Crippen LogP contribution >= 0.6 is 0 Å². The molecule has 4 nitrogen and oxygen atoms in total. The first kappa shape index (κ1) is 16.0. The number of hydrogen-bond donors (Lipinski definition) is 2. The van der Waals surface area contributed by atoms with E-state index in [4.69, 9.17) is 0 Å². The lowest BCUT2D eigenvalue weighted by molar-refractivity contribution is -0.118. The van der Waals surface area contributed by atoms with Crippen molar-refractivity contribution in [1.82, 2.24) is 4.90 Å². The van der Waals surface area contributed by atoms with E-state index in [2.05, 4.69) is 24.1 Å². The van der Waals surface area contributed by atoms with E-state index in [0.29, 0.717) is 6.54 Å². The van der Waals surface area contributed by atoms with E-state index in [1.807, 2.05) is 25.1 Å². The van der Waals surface area contributed by atoms with Gasteiger partial charge in [-0.15, -0.1) is 0 Å². The fourth-order valence-corrected chi connectivity index (χ4v) is 2.91. The van der Waals surface area contributed by atoms with E-state index >= 15 is 0 Å². The van der Waals surface area contributed by atoms with Crippen LogP contribution in [0.3, 0.4) is 0 Å². The number of aliphatic hydroxyl groups excluding tert-OH is 1. The molecule has 0 aromatic heterocycles. The van der Waals surface area contributed by atoms with Crippen molar-refractivity contribution in [2.24, 2.45) is 5.41 Å². The molecule has 0 bridgehead atoms. The smallest absolute Gasteiger partial charge is 0.238 e. The zero-order chi connectivity index (χ0) is 15.5. The van der Waals surface area contributed by atoms with Crippen LogP contribution in [0.5, 0.6) is 0 Å². The Bertz CT molecular complexity index is 516. The molecule has 1 aliphatic rings. The molecule has 2 N–H and O–H groups in total. The van der Waals surface area contributed by atoms with Crippen molar-refractivity contribution in [2.75, 3.05) is 31.6 Å². The fourth-order valence-electron chi connectivity index (χ4n) is 2.91. The molecule has 116 valence electrons. The Morgan fingerprint density at radius 1 is 1.38 bits per heavy atom. The van der Waals surface area contributed by atoms with Crippen molar-refractivity contribution in [3.05, 3.63) is 29.3 Å². The summed E-state index contributed by atoms with van der Waals surface area (Å²) in [7, 11) is 0. The molecule has 1 fully saturated rings. The Balaban J connectivity index is 1.91. The molecule has 2 rings (SSSR count). The van der Waals surface area contributed by atoms with Crippen molar-refractivity contribution in [2.45, 2.75) is 33.6 Å². The summed E-state index contributed by atoms with van der Waals surface area (Å²) in [5, 5.41) is 12.4. The van der Waals surface area contributed by atoms with Crippen LogP contribution in [0.25, 0.3) is 0 Å². The van der Waals surface area contributed by atoms with Gasteiger partial charge in [-0.1, -0.05) is 13.0 Å². The third-order valence-electron chi connectivity index (χ3n) is 4.40. The lowest BCUT2D eigenvalue weighted by Crippen LogP contribution is -2.46. The third-order valence-corrected chi connectivity index (χ3v) is 4.40. The summed E-state index contributed by atoms with van der Waals surface area (Å²) in [5.41, 5.74) is 3.19. The van der Waals surface area contributed by atoms with Gasteiger partial charge in [-0.05, 0) is 56.5 Å². The highest BCUT2D eigenvalue weighted by Crippen LogP contribution is 2.28. The highest BCUT2D eigenvalue weighted by Gasteiger charge is 2.30. The minimum absolute atomic E-state index is 0.0143. The van der Waals surface area contributed by atoms with Gasteiger partial charge in [0, 0.05) is 24.3 Å². The number of carbonyl (C=O) groups is 1. The molecule has 0 aliphatic carbocycles. The molecule has 0 spiro atoms. The summed E-state index contributed by atoms with van der Waals surface area (Å²) >= 11 is 0. The van der Waals surface area contributed by atoms with E-state index in [-0.39, 0.29) is 17.9 Å². The number of likely N-dealkylation sites (tertiary alicyclic amines) is 1. The molecule has 4 heteroatoms. The average molecular weight is 290 g/mol. The van der Waals surface area contributed by atoms with E-state index in [0.717, 1.165) is 31.6 Å². The number of hydrogen-bond acceptors (Lipinski definition) is 3. The number of aliphatic hydroxyl groups is 1. The van der Waals surface area contributed by atoms with Gasteiger partial charge in [0.05, 0.1) is 6.54 Å². The van der Waals surface area contributed by atoms with Gasteiger partial charge in [0.1, 0.15) is 0 Å². The van der Waals surface area contributed by atoms with Crippen molar-refractivity contribution in [1.29, 1.82) is 0 Å². The molecule has 1 unspecified atom stereocenters. The molecule has 1 atom stereocenters. The van der Waals surface area contributed by atoms with Crippen LogP contribution in [0.4, 0.5) is 5.69 Å². The van der Waals surface area contributed by atoms with Gasteiger partial charge in [-0.3, -0.25) is 9.69 Å². The largest absolute Gasteiger partial charge is 0.396 e. The Kier molecular flexibility index (Phi) is 5.01. The van der Waals surface area contributed by atoms with Crippen LogP contribution in [0, 0.1) is 19.3 Å². The number of piperidine rings is 1. The Morgan fingerprint density at radius 3 is 2.81 bits per heavy atom. The number of amides is 1. The second-order valence-electron chi connectivity index (χ2n) is 6.63. The van der Waals surface area contributed by atoms with Crippen molar-refractivity contribution >= 4 is 11.6 Å². The lowest BCUT2D eigenvalue weighted by atomic mass is 9.83. The predicted octanol–water partition coefficient (Wildman–Crippen LogP) is 2.34. The predicted molar refractivity (Wildman–Crippen MR) is 85.4 cm³/mol. The van der Waals surface area contributed by atoms with Crippen LogP contribution in [0.15, 0.2) is 18.2 Å². The quantitative estimate of drug-likeness (QED) is 0.895. The molecular weight excluding hydrogens is 264 g/mol. The van der Waals surface area contributed by atoms with Crippen molar-refractivity contribution < 1.29 is 9.90 Å². The average Bonchev–Trinajstić information content (AvgIpc) is 2.43. The minimum Gasteiger partial charge on any atom is -0.396 e. The van der Waals surface area contributed by atoms with Crippen LogP contribution in [0.1, 0.15) is 30.9 Å². The zero-order valence-electron chi connectivity index (χ0n) is 13.3. The maximum absolute atomic E-state index is 12.2. The summed E-state index contributed by atoms with van der Waals surface area (Å²) in [6.45, 7) is 8.47. The fraction of sp³-hybridized carbons (Fsp3) is 0.588. The molecule has 1 aromatic rings. The van der Waals surface area contributed by atoms with E-state index in [1.165, 1.54) is 11.1 Å². The normalized spacial score (nSPS) is 23.0. The Labute approximate surface area is 127 Å². The highest BCUT2D eigenvalue weighted by atomic mass is 16.3. The third kappa shape index (κ3) is 4.29. The maximum Gasteiger partial charge on any atom is 0.238 e. The molecule has 1 saturated heterocycles. The Morgan fingerprint density at radius 2 is 2.14 bits per heavy atom. The molecule has 21 heavy (non-hydrogen) atoms. The Hall–Kier alpha value is -1.39. The number of aryl methyl sites for hydroxylation is 2. The second-order valence-corrected chi connectivity index (χ2v) is 6.63. The summed E-state index contributed by atoms with van der Waals surface area (Å²) in [6.07, 6.45) is 2.06. The molecule has 0 saturated carbocycles. The highest BCUT2D eigenvalue weighted by molar-refractivity contribution is 5.92. The van der Waals surface area contributed by atoms with Crippen molar-refractivity contribution in [3.63, 3.8) is 0 Å². The summed E-state index contributed by atoms with van der Waals surface area (Å²) in [6, 6.07) is 5.96. The van der Waals surface area contributed by atoms with Gasteiger partial charge >= 0.3 is 0 Å². The molecule has 1 aliphatic heterocycles. The summed E-state index contributed by atoms with van der Waals surface area (Å²) in [4.78, 5) is 14.3.